The van der Waals surface area contributed by atoms with Crippen LogP contribution in [0.2, 0.25) is 5.02 Å². The molecule has 25 heavy (non-hydrogen) atoms. The smallest absolute Gasteiger partial charge is 0.233 e. The number of anilines is 2. The van der Waals surface area contributed by atoms with Crippen LogP contribution in [0.15, 0.2) is 42.7 Å². The van der Waals surface area contributed by atoms with Crippen LogP contribution in [-0.2, 0) is 9.59 Å². The van der Waals surface area contributed by atoms with Crippen molar-refractivity contribution in [3.63, 3.8) is 0 Å². The Kier molecular flexibility index (Phi) is 5.45. The van der Waals surface area contributed by atoms with Crippen molar-refractivity contribution in [2.24, 2.45) is 0 Å². The van der Waals surface area contributed by atoms with E-state index in [0.717, 1.165) is 0 Å². The second-order valence-corrected chi connectivity index (χ2v) is 6.08. The highest BCUT2D eigenvalue weighted by Crippen LogP contribution is 2.14. The number of amides is 2. The van der Waals surface area contributed by atoms with Gasteiger partial charge < -0.3 is 15.1 Å². The van der Waals surface area contributed by atoms with Crippen molar-refractivity contribution in [1.82, 2.24) is 14.9 Å². The number of hydrogen-bond donors (Lipinski definition) is 1. The lowest BCUT2D eigenvalue weighted by atomic mass is 10.2. The third kappa shape index (κ3) is 4.67. The van der Waals surface area contributed by atoms with Crippen LogP contribution >= 0.6 is 11.6 Å². The zero-order valence-corrected chi connectivity index (χ0v) is 14.3. The molecule has 0 unspecified atom stereocenters. The van der Waals surface area contributed by atoms with Gasteiger partial charge in [-0.1, -0.05) is 11.6 Å². The lowest BCUT2D eigenvalue weighted by Crippen LogP contribution is -2.49. The summed E-state index contributed by atoms with van der Waals surface area (Å²) in [5, 5.41) is 3.29. The Bertz CT molecular complexity index is 730. The van der Waals surface area contributed by atoms with E-state index in [4.69, 9.17) is 11.6 Å². The Labute approximate surface area is 150 Å². The summed E-state index contributed by atoms with van der Waals surface area (Å²) in [6, 6.07) is 8.53. The maximum absolute atomic E-state index is 12.3. The van der Waals surface area contributed by atoms with Gasteiger partial charge in [-0.05, 0) is 30.3 Å². The van der Waals surface area contributed by atoms with Gasteiger partial charge in [-0.15, -0.1) is 0 Å². The molecule has 0 atom stereocenters. The molecule has 0 saturated carbocycles. The average Bonchev–Trinajstić information content (AvgIpc) is 2.64. The number of carbonyl (C=O) groups is 2. The van der Waals surface area contributed by atoms with E-state index in [-0.39, 0.29) is 18.2 Å². The molecular formula is C17H18ClN5O2. The number of hydrogen-bond acceptors (Lipinski definition) is 5. The fourth-order valence-corrected chi connectivity index (χ4v) is 2.72. The minimum Gasteiger partial charge on any atom is -0.339 e. The van der Waals surface area contributed by atoms with Gasteiger partial charge in [-0.3, -0.25) is 9.59 Å². The molecule has 1 fully saturated rings. The van der Waals surface area contributed by atoms with Gasteiger partial charge in [-0.2, -0.15) is 0 Å². The van der Waals surface area contributed by atoms with E-state index in [2.05, 4.69) is 15.3 Å². The van der Waals surface area contributed by atoms with Gasteiger partial charge in [-0.25, -0.2) is 9.97 Å². The number of nitrogens with one attached hydrogen (secondary N) is 1. The highest BCUT2D eigenvalue weighted by atomic mass is 35.5. The normalized spacial score (nSPS) is 14.3. The van der Waals surface area contributed by atoms with E-state index in [1.165, 1.54) is 0 Å². The Morgan fingerprint density at radius 3 is 2.32 bits per heavy atom. The number of nitrogens with zero attached hydrogens (tertiary/aromatic N) is 4. The van der Waals surface area contributed by atoms with Crippen molar-refractivity contribution < 1.29 is 9.59 Å². The fourth-order valence-electron chi connectivity index (χ4n) is 2.60. The SMILES string of the molecule is O=C(CC(=O)N1CCN(c2ncccn2)CC1)Nc1ccc(Cl)cc1. The first-order valence-electron chi connectivity index (χ1n) is 7.97. The van der Waals surface area contributed by atoms with Crippen molar-refractivity contribution >= 4 is 35.1 Å². The van der Waals surface area contributed by atoms with Gasteiger partial charge in [0.05, 0.1) is 0 Å². The summed E-state index contributed by atoms with van der Waals surface area (Å²) in [6.45, 7) is 2.39. The van der Waals surface area contributed by atoms with Crippen LogP contribution in [0.1, 0.15) is 6.42 Å². The first-order chi connectivity index (χ1) is 12.1. The zero-order chi connectivity index (χ0) is 17.6. The van der Waals surface area contributed by atoms with Crippen molar-refractivity contribution in [1.29, 1.82) is 0 Å². The maximum atomic E-state index is 12.3. The van der Waals surface area contributed by atoms with Crippen molar-refractivity contribution in [3.05, 3.63) is 47.7 Å². The molecule has 0 aliphatic carbocycles. The summed E-state index contributed by atoms with van der Waals surface area (Å²) in [5.74, 6) is 0.149. The van der Waals surface area contributed by atoms with Gasteiger partial charge in [0.15, 0.2) is 0 Å². The summed E-state index contributed by atoms with van der Waals surface area (Å²) in [4.78, 5) is 36.4. The van der Waals surface area contributed by atoms with Crippen LogP contribution in [0, 0.1) is 0 Å². The molecule has 8 heteroatoms. The molecule has 1 N–H and O–H groups in total. The summed E-state index contributed by atoms with van der Waals surface area (Å²) in [7, 11) is 0. The van der Waals surface area contributed by atoms with Crippen LogP contribution in [-0.4, -0.2) is 52.9 Å². The van der Waals surface area contributed by atoms with Gasteiger partial charge in [0.2, 0.25) is 17.8 Å². The second kappa shape index (κ2) is 7.94. The predicted molar refractivity (Wildman–Crippen MR) is 95.5 cm³/mol. The van der Waals surface area contributed by atoms with Crippen LogP contribution in [0.3, 0.4) is 0 Å². The van der Waals surface area contributed by atoms with Crippen molar-refractivity contribution in [2.75, 3.05) is 36.4 Å². The lowest BCUT2D eigenvalue weighted by molar-refractivity contribution is -0.134. The number of rotatable bonds is 4. The first kappa shape index (κ1) is 17.2. The average molecular weight is 360 g/mol. The summed E-state index contributed by atoms with van der Waals surface area (Å²) < 4.78 is 0. The van der Waals surface area contributed by atoms with Crippen LogP contribution in [0.4, 0.5) is 11.6 Å². The van der Waals surface area contributed by atoms with Gasteiger partial charge in [0.25, 0.3) is 0 Å². The summed E-state index contributed by atoms with van der Waals surface area (Å²) >= 11 is 5.80. The van der Waals surface area contributed by atoms with E-state index in [9.17, 15) is 9.59 Å². The van der Waals surface area contributed by atoms with E-state index in [1.807, 2.05) is 4.90 Å². The summed E-state index contributed by atoms with van der Waals surface area (Å²) in [5.41, 5.74) is 0.619. The molecule has 1 aliphatic heterocycles. The van der Waals surface area contributed by atoms with Crippen LogP contribution in [0.5, 0.6) is 0 Å². The minimum atomic E-state index is -0.332. The Morgan fingerprint density at radius 2 is 1.68 bits per heavy atom. The molecule has 0 spiro atoms. The molecule has 1 saturated heterocycles. The number of benzene rings is 1. The molecule has 1 aromatic carbocycles. The lowest BCUT2D eigenvalue weighted by Gasteiger charge is -2.34. The fraction of sp³-hybridized carbons (Fsp3) is 0.294. The maximum Gasteiger partial charge on any atom is 0.233 e. The molecule has 0 radical (unpaired) electrons. The third-order valence-corrected chi connectivity index (χ3v) is 4.16. The van der Waals surface area contributed by atoms with E-state index < -0.39 is 0 Å². The Balaban J connectivity index is 1.47. The zero-order valence-electron chi connectivity index (χ0n) is 13.6. The van der Waals surface area contributed by atoms with Gasteiger partial charge in [0, 0.05) is 49.3 Å². The molecule has 2 amide bonds. The predicted octanol–water partition coefficient (Wildman–Crippen LogP) is 1.81. The van der Waals surface area contributed by atoms with E-state index >= 15 is 0 Å². The standard InChI is InChI=1S/C17H18ClN5O2/c18-13-2-4-14(5-3-13)21-15(24)12-16(25)22-8-10-23(11-9-22)17-19-6-1-7-20-17/h1-7H,8-12H2,(H,21,24). The molecule has 130 valence electrons. The molecule has 3 rings (SSSR count). The second-order valence-electron chi connectivity index (χ2n) is 5.65. The third-order valence-electron chi connectivity index (χ3n) is 3.91. The topological polar surface area (TPSA) is 78.4 Å². The highest BCUT2D eigenvalue weighted by Gasteiger charge is 2.23. The molecular weight excluding hydrogens is 342 g/mol. The molecule has 2 aromatic rings. The number of carbonyl (C=O) groups excluding carboxylic acids is 2. The van der Waals surface area contributed by atoms with Crippen molar-refractivity contribution in [3.8, 4) is 0 Å². The molecule has 1 aromatic heterocycles. The largest absolute Gasteiger partial charge is 0.339 e. The van der Waals surface area contributed by atoms with Crippen molar-refractivity contribution in [2.45, 2.75) is 6.42 Å². The monoisotopic (exact) mass is 359 g/mol. The quantitative estimate of drug-likeness (QED) is 0.842. The molecule has 2 heterocycles. The number of piperazine rings is 1. The first-order valence-corrected chi connectivity index (χ1v) is 8.35. The van der Waals surface area contributed by atoms with E-state index in [0.29, 0.717) is 42.8 Å². The molecule has 1 aliphatic rings. The summed E-state index contributed by atoms with van der Waals surface area (Å²) in [6.07, 6.45) is 3.21. The highest BCUT2D eigenvalue weighted by molar-refractivity contribution is 6.30. The Morgan fingerprint density at radius 1 is 1.04 bits per heavy atom. The van der Waals surface area contributed by atoms with Gasteiger partial charge in [0.1, 0.15) is 6.42 Å². The van der Waals surface area contributed by atoms with Crippen LogP contribution < -0.4 is 10.2 Å². The molecule has 7 nitrogen and oxygen atoms in total. The number of halogens is 1. The van der Waals surface area contributed by atoms with Gasteiger partial charge >= 0.3 is 0 Å². The van der Waals surface area contributed by atoms with E-state index in [1.54, 1.807) is 47.6 Å². The minimum absolute atomic E-state index is 0.176. The van der Waals surface area contributed by atoms with Crippen LogP contribution in [0.25, 0.3) is 0 Å². The Hall–Kier alpha value is -2.67. The number of aromatic nitrogens is 2. The molecule has 0 bridgehead atoms.